The maximum absolute atomic E-state index is 12.3. The second kappa shape index (κ2) is 4.99. The number of rotatable bonds is 2. The average Bonchev–Trinajstić information content (AvgIpc) is 2.33. The monoisotopic (exact) mass is 287 g/mol. The number of carbonyl (C=O) groups excluding carboxylic acids is 1. The van der Waals surface area contributed by atoms with Crippen molar-refractivity contribution in [1.82, 2.24) is 4.31 Å². The van der Waals surface area contributed by atoms with E-state index in [1.807, 2.05) is 0 Å². The Kier molecular flexibility index (Phi) is 3.75. The van der Waals surface area contributed by atoms with Crippen molar-refractivity contribution in [3.8, 4) is 0 Å². The molecule has 0 bridgehead atoms. The second-order valence-electron chi connectivity index (χ2n) is 4.35. The SMILES string of the molecule is Cc1cc(S(=O)(=O)N2CCC(=O)CC2)ccc1Cl. The third-order valence-corrected chi connectivity index (χ3v) is 5.37. The third-order valence-electron chi connectivity index (χ3n) is 3.05. The van der Waals surface area contributed by atoms with Crippen LogP contribution in [0.3, 0.4) is 0 Å². The minimum Gasteiger partial charge on any atom is -0.300 e. The summed E-state index contributed by atoms with van der Waals surface area (Å²) in [4.78, 5) is 11.4. The van der Waals surface area contributed by atoms with E-state index in [1.54, 1.807) is 19.1 Å². The van der Waals surface area contributed by atoms with Crippen molar-refractivity contribution in [3.63, 3.8) is 0 Å². The zero-order valence-corrected chi connectivity index (χ0v) is 11.6. The van der Waals surface area contributed by atoms with Crippen molar-refractivity contribution in [2.24, 2.45) is 0 Å². The Balaban J connectivity index is 2.30. The lowest BCUT2D eigenvalue weighted by Gasteiger charge is -2.25. The molecule has 1 heterocycles. The van der Waals surface area contributed by atoms with Crippen molar-refractivity contribution in [1.29, 1.82) is 0 Å². The molecule has 0 unspecified atom stereocenters. The maximum Gasteiger partial charge on any atom is 0.243 e. The van der Waals surface area contributed by atoms with E-state index in [4.69, 9.17) is 11.6 Å². The summed E-state index contributed by atoms with van der Waals surface area (Å²) < 4.78 is 26.0. The summed E-state index contributed by atoms with van der Waals surface area (Å²) in [7, 11) is -3.50. The standard InChI is InChI=1S/C12H14ClNO3S/c1-9-8-11(2-3-12(9)13)18(16,17)14-6-4-10(15)5-7-14/h2-3,8H,4-7H2,1H3. The average molecular weight is 288 g/mol. The van der Waals surface area contributed by atoms with Crippen molar-refractivity contribution in [3.05, 3.63) is 28.8 Å². The molecule has 0 atom stereocenters. The van der Waals surface area contributed by atoms with E-state index >= 15 is 0 Å². The molecule has 18 heavy (non-hydrogen) atoms. The molecule has 0 radical (unpaired) electrons. The summed E-state index contributed by atoms with van der Waals surface area (Å²) in [6.07, 6.45) is 0.595. The van der Waals surface area contributed by atoms with Gasteiger partial charge in [-0.2, -0.15) is 4.31 Å². The summed E-state index contributed by atoms with van der Waals surface area (Å²) >= 11 is 5.88. The molecule has 1 aromatic carbocycles. The molecule has 0 spiro atoms. The Morgan fingerprint density at radius 2 is 1.83 bits per heavy atom. The molecular weight excluding hydrogens is 274 g/mol. The van der Waals surface area contributed by atoms with Crippen LogP contribution in [0.1, 0.15) is 18.4 Å². The molecule has 1 aliphatic heterocycles. The van der Waals surface area contributed by atoms with Crippen molar-refractivity contribution < 1.29 is 13.2 Å². The Bertz CT molecular complexity index is 573. The fourth-order valence-electron chi connectivity index (χ4n) is 1.90. The zero-order chi connectivity index (χ0) is 13.3. The van der Waals surface area contributed by atoms with Gasteiger partial charge >= 0.3 is 0 Å². The number of nitrogens with zero attached hydrogens (tertiary/aromatic N) is 1. The number of hydrogen-bond donors (Lipinski definition) is 0. The topological polar surface area (TPSA) is 54.5 Å². The van der Waals surface area contributed by atoms with E-state index in [9.17, 15) is 13.2 Å². The molecule has 0 aromatic heterocycles. The van der Waals surface area contributed by atoms with Crippen LogP contribution in [0.4, 0.5) is 0 Å². The number of aryl methyl sites for hydroxylation is 1. The van der Waals surface area contributed by atoms with E-state index in [0.29, 0.717) is 17.9 Å². The van der Waals surface area contributed by atoms with E-state index in [2.05, 4.69) is 0 Å². The van der Waals surface area contributed by atoms with Gasteiger partial charge in [0.25, 0.3) is 0 Å². The molecule has 1 fully saturated rings. The largest absolute Gasteiger partial charge is 0.300 e. The second-order valence-corrected chi connectivity index (χ2v) is 6.70. The van der Waals surface area contributed by atoms with E-state index in [-0.39, 0.29) is 23.8 Å². The minimum atomic E-state index is -3.50. The van der Waals surface area contributed by atoms with E-state index < -0.39 is 10.0 Å². The summed E-state index contributed by atoms with van der Waals surface area (Å²) in [6.45, 7) is 2.30. The van der Waals surface area contributed by atoms with Gasteiger partial charge in [0.15, 0.2) is 0 Å². The fourth-order valence-corrected chi connectivity index (χ4v) is 3.55. The summed E-state index contributed by atoms with van der Waals surface area (Å²) in [6, 6.07) is 4.65. The highest BCUT2D eigenvalue weighted by molar-refractivity contribution is 7.89. The van der Waals surface area contributed by atoms with E-state index in [1.165, 1.54) is 10.4 Å². The van der Waals surface area contributed by atoms with Gasteiger partial charge in [-0.3, -0.25) is 4.79 Å². The van der Waals surface area contributed by atoms with Crippen molar-refractivity contribution in [2.45, 2.75) is 24.7 Å². The molecule has 1 aliphatic rings. The van der Waals surface area contributed by atoms with Gasteiger partial charge in [-0.15, -0.1) is 0 Å². The normalized spacial score (nSPS) is 18.0. The fraction of sp³-hybridized carbons (Fsp3) is 0.417. The van der Waals surface area contributed by atoms with Crippen LogP contribution in [0.25, 0.3) is 0 Å². The van der Waals surface area contributed by atoms with Crippen LogP contribution in [-0.2, 0) is 14.8 Å². The highest BCUT2D eigenvalue weighted by atomic mass is 35.5. The number of hydrogen-bond acceptors (Lipinski definition) is 3. The van der Waals surface area contributed by atoms with Gasteiger partial charge in [0, 0.05) is 31.0 Å². The molecule has 1 saturated heterocycles. The molecule has 2 rings (SSSR count). The number of Topliss-reactive ketones (excluding diaryl/α,β-unsaturated/α-hetero) is 1. The maximum atomic E-state index is 12.3. The van der Waals surface area contributed by atoms with Crippen LogP contribution in [0.5, 0.6) is 0 Å². The highest BCUT2D eigenvalue weighted by Gasteiger charge is 2.28. The van der Waals surface area contributed by atoms with Crippen molar-refractivity contribution >= 4 is 27.4 Å². The van der Waals surface area contributed by atoms with Gasteiger partial charge in [-0.05, 0) is 30.7 Å². The molecule has 1 aromatic rings. The van der Waals surface area contributed by atoms with E-state index in [0.717, 1.165) is 5.56 Å². The lowest BCUT2D eigenvalue weighted by Crippen LogP contribution is -2.38. The van der Waals surface area contributed by atoms with Gasteiger partial charge in [-0.25, -0.2) is 8.42 Å². The lowest BCUT2D eigenvalue weighted by atomic mass is 10.1. The van der Waals surface area contributed by atoms with Gasteiger partial charge in [0.05, 0.1) is 4.90 Å². The molecule has 0 N–H and O–H groups in total. The molecule has 0 saturated carbocycles. The number of sulfonamides is 1. The molecule has 6 heteroatoms. The van der Waals surface area contributed by atoms with Crippen LogP contribution < -0.4 is 0 Å². The minimum absolute atomic E-state index is 0.119. The first-order valence-electron chi connectivity index (χ1n) is 5.69. The van der Waals surface area contributed by atoms with Gasteiger partial charge in [-0.1, -0.05) is 11.6 Å². The molecular formula is C12H14ClNO3S. The summed E-state index contributed by atoms with van der Waals surface area (Å²) in [5.41, 5.74) is 0.728. The summed E-state index contributed by atoms with van der Waals surface area (Å²) in [5.74, 6) is 0.119. The number of carbonyl (C=O) groups is 1. The van der Waals surface area contributed by atoms with Crippen LogP contribution in [0.2, 0.25) is 5.02 Å². The molecule has 0 amide bonds. The first-order chi connectivity index (χ1) is 8.41. The zero-order valence-electron chi connectivity index (χ0n) is 10.0. The highest BCUT2D eigenvalue weighted by Crippen LogP contribution is 2.23. The molecule has 4 nitrogen and oxygen atoms in total. The Labute approximate surface area is 112 Å². The summed E-state index contributed by atoms with van der Waals surface area (Å²) in [5, 5.41) is 0.544. The number of halogens is 1. The predicted octanol–water partition coefficient (Wildman–Crippen LogP) is 2.00. The third kappa shape index (κ3) is 2.58. The van der Waals surface area contributed by atoms with Gasteiger partial charge in [0.1, 0.15) is 5.78 Å². The van der Waals surface area contributed by atoms with Crippen LogP contribution in [0.15, 0.2) is 23.1 Å². The number of ketones is 1. The number of benzene rings is 1. The Morgan fingerprint density at radius 1 is 1.22 bits per heavy atom. The molecule has 98 valence electrons. The lowest BCUT2D eigenvalue weighted by molar-refractivity contribution is -0.120. The smallest absolute Gasteiger partial charge is 0.243 e. The first kappa shape index (κ1) is 13.5. The van der Waals surface area contributed by atoms with Crippen LogP contribution in [-0.4, -0.2) is 31.6 Å². The van der Waals surface area contributed by atoms with Gasteiger partial charge < -0.3 is 0 Å². The Hall–Kier alpha value is -0.910. The predicted molar refractivity (Wildman–Crippen MR) is 69.2 cm³/mol. The quantitative estimate of drug-likeness (QED) is 0.836. The Morgan fingerprint density at radius 3 is 2.39 bits per heavy atom. The van der Waals surface area contributed by atoms with Gasteiger partial charge in [0.2, 0.25) is 10.0 Å². The number of piperidine rings is 1. The van der Waals surface area contributed by atoms with Crippen LogP contribution >= 0.6 is 11.6 Å². The van der Waals surface area contributed by atoms with Crippen molar-refractivity contribution in [2.75, 3.05) is 13.1 Å². The molecule has 0 aliphatic carbocycles. The first-order valence-corrected chi connectivity index (χ1v) is 7.51. The van der Waals surface area contributed by atoms with Crippen LogP contribution in [0, 0.1) is 6.92 Å².